The van der Waals surface area contributed by atoms with Gasteiger partial charge in [-0.2, -0.15) is 0 Å². The first-order valence-electron chi connectivity index (χ1n) is 8.94. The maximum absolute atomic E-state index is 2.54. The first-order chi connectivity index (χ1) is 10.1. The van der Waals surface area contributed by atoms with E-state index < -0.39 is 0 Å². The summed E-state index contributed by atoms with van der Waals surface area (Å²) in [7, 11) is 6.83. The third-order valence-corrected chi connectivity index (χ3v) is 4.52. The highest BCUT2D eigenvalue weighted by molar-refractivity contribution is 5.44. The molecule has 0 saturated carbocycles. The monoisotopic (exact) mass is 295 g/mol. The van der Waals surface area contributed by atoms with Gasteiger partial charge in [0.1, 0.15) is 0 Å². The van der Waals surface area contributed by atoms with Gasteiger partial charge >= 0.3 is 0 Å². The van der Waals surface area contributed by atoms with Crippen molar-refractivity contribution in [3.8, 4) is 0 Å². The third-order valence-electron chi connectivity index (χ3n) is 4.52. The van der Waals surface area contributed by atoms with Crippen LogP contribution in [0.25, 0.3) is 0 Å². The molecule has 21 heavy (non-hydrogen) atoms. The molecule has 3 heteroatoms. The molecule has 1 rings (SSSR count). The summed E-state index contributed by atoms with van der Waals surface area (Å²) in [4.78, 5) is 7.53. The Morgan fingerprint density at radius 3 is 1.43 bits per heavy atom. The van der Waals surface area contributed by atoms with E-state index in [9.17, 15) is 0 Å². The SMILES string of the molecule is CCCCN(C)C1=C(N(C)CCCC)C1N(C)CCCC. The van der Waals surface area contributed by atoms with Crippen molar-refractivity contribution in [3.63, 3.8) is 0 Å². The quantitative estimate of drug-likeness (QED) is 0.542. The predicted molar refractivity (Wildman–Crippen MR) is 93.4 cm³/mol. The maximum Gasteiger partial charge on any atom is 0.0937 e. The zero-order valence-corrected chi connectivity index (χ0v) is 15.3. The molecule has 0 radical (unpaired) electrons. The molecule has 1 aliphatic carbocycles. The molecule has 0 aromatic heterocycles. The second kappa shape index (κ2) is 9.34. The number of unbranched alkanes of at least 4 members (excludes halogenated alkanes) is 3. The van der Waals surface area contributed by atoms with Crippen molar-refractivity contribution in [3.05, 3.63) is 11.4 Å². The Labute approximate surface area is 133 Å². The summed E-state index contributed by atoms with van der Waals surface area (Å²) in [5.74, 6) is 0. The molecule has 0 aromatic carbocycles. The van der Waals surface area contributed by atoms with Gasteiger partial charge in [0.25, 0.3) is 0 Å². The standard InChI is InChI=1S/C18H37N3/c1-7-10-13-19(4)16-17(20(5)14-11-8-2)18(16)21(6)15-12-9-3/h16H,7-15H2,1-6H3. The van der Waals surface area contributed by atoms with Crippen LogP contribution in [-0.4, -0.2) is 61.5 Å². The van der Waals surface area contributed by atoms with Crippen LogP contribution >= 0.6 is 0 Å². The highest BCUT2D eigenvalue weighted by atomic mass is 15.3. The summed E-state index contributed by atoms with van der Waals surface area (Å²) in [5, 5.41) is 0. The summed E-state index contributed by atoms with van der Waals surface area (Å²) < 4.78 is 0. The normalized spacial score (nSPS) is 15.0. The largest absolute Gasteiger partial charge is 0.375 e. The van der Waals surface area contributed by atoms with Crippen molar-refractivity contribution < 1.29 is 0 Å². The minimum atomic E-state index is 0.570. The van der Waals surface area contributed by atoms with Crippen molar-refractivity contribution in [1.29, 1.82) is 0 Å². The van der Waals surface area contributed by atoms with Crippen LogP contribution in [0.15, 0.2) is 11.4 Å². The Morgan fingerprint density at radius 1 is 0.667 bits per heavy atom. The molecule has 0 N–H and O–H groups in total. The Hall–Kier alpha value is -0.700. The minimum Gasteiger partial charge on any atom is -0.375 e. The minimum absolute atomic E-state index is 0.570. The first-order valence-corrected chi connectivity index (χ1v) is 8.94. The summed E-state index contributed by atoms with van der Waals surface area (Å²) in [6.45, 7) is 10.4. The van der Waals surface area contributed by atoms with Gasteiger partial charge in [0.15, 0.2) is 0 Å². The van der Waals surface area contributed by atoms with Gasteiger partial charge in [-0.15, -0.1) is 0 Å². The van der Waals surface area contributed by atoms with Crippen molar-refractivity contribution in [2.45, 2.75) is 65.3 Å². The lowest BCUT2D eigenvalue weighted by Crippen LogP contribution is -2.31. The van der Waals surface area contributed by atoms with Gasteiger partial charge in [0, 0.05) is 27.2 Å². The van der Waals surface area contributed by atoms with Gasteiger partial charge in [-0.1, -0.05) is 40.0 Å². The Balaban J connectivity index is 2.65. The predicted octanol–water partition coefficient (Wildman–Crippen LogP) is 3.78. The second-order valence-corrected chi connectivity index (χ2v) is 6.56. The first kappa shape index (κ1) is 18.3. The Kier molecular flexibility index (Phi) is 8.16. The van der Waals surface area contributed by atoms with E-state index >= 15 is 0 Å². The molecule has 0 atom stereocenters. The molecule has 1 aliphatic rings. The van der Waals surface area contributed by atoms with Gasteiger partial charge in [0.2, 0.25) is 0 Å². The summed E-state index contributed by atoms with van der Waals surface area (Å²) in [6, 6.07) is 0.570. The average molecular weight is 296 g/mol. The van der Waals surface area contributed by atoms with Crippen LogP contribution in [0.1, 0.15) is 59.3 Å². The van der Waals surface area contributed by atoms with E-state index in [0.29, 0.717) is 6.04 Å². The molecule has 3 nitrogen and oxygen atoms in total. The van der Waals surface area contributed by atoms with Crippen molar-refractivity contribution in [2.24, 2.45) is 0 Å². The van der Waals surface area contributed by atoms with Crippen LogP contribution in [0.5, 0.6) is 0 Å². The van der Waals surface area contributed by atoms with E-state index in [1.54, 1.807) is 11.4 Å². The third kappa shape index (κ3) is 5.21. The molecular weight excluding hydrogens is 258 g/mol. The van der Waals surface area contributed by atoms with Crippen LogP contribution in [0.2, 0.25) is 0 Å². The van der Waals surface area contributed by atoms with E-state index in [1.165, 1.54) is 58.2 Å². The molecule has 0 aliphatic heterocycles. The zero-order chi connectivity index (χ0) is 15.8. The van der Waals surface area contributed by atoms with Crippen molar-refractivity contribution >= 4 is 0 Å². The smallest absolute Gasteiger partial charge is 0.0937 e. The lowest BCUT2D eigenvalue weighted by molar-refractivity contribution is 0.278. The summed E-state index contributed by atoms with van der Waals surface area (Å²) in [5.41, 5.74) is 3.14. The Morgan fingerprint density at radius 2 is 1.05 bits per heavy atom. The zero-order valence-electron chi connectivity index (χ0n) is 15.3. The molecule has 0 bridgehead atoms. The lowest BCUT2D eigenvalue weighted by atomic mass is 10.3. The van der Waals surface area contributed by atoms with Crippen molar-refractivity contribution in [1.82, 2.24) is 14.7 Å². The van der Waals surface area contributed by atoms with Crippen LogP contribution in [0, 0.1) is 0 Å². The maximum atomic E-state index is 2.54. The number of nitrogens with zero attached hydrogens (tertiary/aromatic N) is 3. The fourth-order valence-corrected chi connectivity index (χ4v) is 2.98. The lowest BCUT2D eigenvalue weighted by Gasteiger charge is -2.23. The van der Waals surface area contributed by atoms with Crippen LogP contribution < -0.4 is 0 Å². The highest BCUT2D eigenvalue weighted by Crippen LogP contribution is 2.40. The molecule has 0 fully saturated rings. The van der Waals surface area contributed by atoms with Gasteiger partial charge < -0.3 is 9.80 Å². The van der Waals surface area contributed by atoms with E-state index in [1.807, 2.05) is 0 Å². The Bertz CT molecular complexity index is 300. The number of hydrogen-bond acceptors (Lipinski definition) is 3. The van der Waals surface area contributed by atoms with Crippen LogP contribution in [-0.2, 0) is 0 Å². The summed E-state index contributed by atoms with van der Waals surface area (Å²) in [6.07, 6.45) is 7.70. The topological polar surface area (TPSA) is 9.72 Å². The molecule has 0 saturated heterocycles. The molecule has 0 heterocycles. The van der Waals surface area contributed by atoms with Crippen LogP contribution in [0.4, 0.5) is 0 Å². The fourth-order valence-electron chi connectivity index (χ4n) is 2.98. The van der Waals surface area contributed by atoms with E-state index in [2.05, 4.69) is 56.6 Å². The molecule has 0 unspecified atom stereocenters. The molecule has 0 aromatic rings. The van der Waals surface area contributed by atoms with Gasteiger partial charge in [-0.05, 0) is 32.9 Å². The molecule has 0 spiro atoms. The van der Waals surface area contributed by atoms with E-state index in [-0.39, 0.29) is 0 Å². The van der Waals surface area contributed by atoms with Gasteiger partial charge in [0.05, 0.1) is 17.4 Å². The number of rotatable bonds is 12. The number of likely N-dealkylation sites (N-methyl/N-ethyl adjacent to an activating group) is 3. The van der Waals surface area contributed by atoms with Gasteiger partial charge in [-0.3, -0.25) is 4.90 Å². The number of hydrogen-bond donors (Lipinski definition) is 0. The second-order valence-electron chi connectivity index (χ2n) is 6.56. The highest BCUT2D eigenvalue weighted by Gasteiger charge is 2.44. The fraction of sp³-hybridized carbons (Fsp3) is 0.889. The molecule has 0 amide bonds. The molecular formula is C18H37N3. The van der Waals surface area contributed by atoms with Gasteiger partial charge in [-0.25, -0.2) is 0 Å². The van der Waals surface area contributed by atoms with E-state index in [0.717, 1.165) is 0 Å². The van der Waals surface area contributed by atoms with Crippen molar-refractivity contribution in [2.75, 3.05) is 40.8 Å². The van der Waals surface area contributed by atoms with Crippen LogP contribution in [0.3, 0.4) is 0 Å². The molecule has 124 valence electrons. The van der Waals surface area contributed by atoms with E-state index in [4.69, 9.17) is 0 Å². The summed E-state index contributed by atoms with van der Waals surface area (Å²) >= 11 is 0. The average Bonchev–Trinajstić information content (AvgIpc) is 3.23.